The molecule has 0 aliphatic carbocycles. The number of urea groups is 1. The lowest BCUT2D eigenvalue weighted by Crippen LogP contribution is -2.52. The van der Waals surface area contributed by atoms with Crippen LogP contribution in [0.25, 0.3) is 11.3 Å². The molecule has 5 heterocycles. The number of likely N-dealkylation sites (tertiary alicyclic amines) is 2. The van der Waals surface area contributed by atoms with Gasteiger partial charge in [-0.1, -0.05) is 12.5 Å². The van der Waals surface area contributed by atoms with Crippen molar-refractivity contribution in [3.05, 3.63) is 35.0 Å². The van der Waals surface area contributed by atoms with Gasteiger partial charge in [-0.05, 0) is 58.0 Å². The van der Waals surface area contributed by atoms with Crippen LogP contribution in [0.15, 0.2) is 23.1 Å². The Balaban J connectivity index is 1.26. The molecule has 48 heavy (non-hydrogen) atoms. The highest BCUT2D eigenvalue weighted by molar-refractivity contribution is 7.99. The molecular weight excluding hydrogens is 646 g/mol. The number of halogens is 4. The molecule has 2 amide bonds. The molecule has 2 aromatic rings. The molecule has 0 radical (unpaired) electrons. The van der Waals surface area contributed by atoms with Gasteiger partial charge >= 0.3 is 12.2 Å². The standard InChI is InChI=1S/C34H49F4N7O2S/c1-40-15-17-43(18-16-40)33(47)44-14-9-30-28(24-44)32(39-45(30)23-27(46)22-42-10-3-2-4-11-42)25-5-6-29(34(36,37)38)31(21-25)48-20-19-41-12-7-26(35)8-13-41/h5-6,21,26-27,46H,2-4,7-20,22-24H2,1H3/t27-/m0/s1. The van der Waals surface area contributed by atoms with Crippen molar-refractivity contribution in [1.29, 1.82) is 0 Å². The number of amides is 2. The highest BCUT2D eigenvalue weighted by atomic mass is 32.2. The molecule has 1 aromatic heterocycles. The largest absolute Gasteiger partial charge is 0.417 e. The maximum atomic E-state index is 14.2. The van der Waals surface area contributed by atoms with Crippen molar-refractivity contribution in [2.45, 2.75) is 75.0 Å². The van der Waals surface area contributed by atoms with Gasteiger partial charge in [0.25, 0.3) is 0 Å². The summed E-state index contributed by atoms with van der Waals surface area (Å²) in [5.41, 5.74) is 2.20. The average Bonchev–Trinajstić information content (AvgIpc) is 3.42. The van der Waals surface area contributed by atoms with Crippen molar-refractivity contribution in [1.82, 2.24) is 34.3 Å². The molecule has 1 N–H and O–H groups in total. The fourth-order valence-electron chi connectivity index (χ4n) is 7.37. The van der Waals surface area contributed by atoms with Crippen LogP contribution in [0, 0.1) is 0 Å². The lowest BCUT2D eigenvalue weighted by molar-refractivity contribution is -0.139. The molecule has 0 saturated carbocycles. The second kappa shape index (κ2) is 15.7. The number of likely N-dealkylation sites (N-methyl/N-ethyl adjacent to an activating group) is 1. The number of hydrogen-bond donors (Lipinski definition) is 1. The van der Waals surface area contributed by atoms with Gasteiger partial charge in [-0.15, -0.1) is 11.8 Å². The molecule has 9 nitrogen and oxygen atoms in total. The Bertz CT molecular complexity index is 1390. The fraction of sp³-hybridized carbons (Fsp3) is 0.706. The zero-order chi connectivity index (χ0) is 33.8. The molecule has 0 unspecified atom stereocenters. The number of aliphatic hydroxyl groups is 1. The van der Waals surface area contributed by atoms with E-state index in [1.807, 2.05) is 21.5 Å². The van der Waals surface area contributed by atoms with E-state index in [1.54, 1.807) is 6.07 Å². The lowest BCUT2D eigenvalue weighted by Gasteiger charge is -2.37. The number of piperidine rings is 2. The molecule has 1 atom stereocenters. The summed E-state index contributed by atoms with van der Waals surface area (Å²) in [5.74, 6) is 0.450. The predicted molar refractivity (Wildman–Crippen MR) is 179 cm³/mol. The summed E-state index contributed by atoms with van der Waals surface area (Å²) >= 11 is 1.17. The number of thioether (sulfide) groups is 1. The number of alkyl halides is 4. The minimum atomic E-state index is -4.52. The lowest BCUT2D eigenvalue weighted by atomic mass is 10.00. The number of hydrogen-bond acceptors (Lipinski definition) is 7. The van der Waals surface area contributed by atoms with Gasteiger partial charge in [0.05, 0.1) is 30.5 Å². The molecule has 266 valence electrons. The number of carbonyl (C=O) groups is 1. The summed E-state index contributed by atoms with van der Waals surface area (Å²) in [5, 5.41) is 16.1. The Kier molecular flexibility index (Phi) is 11.6. The van der Waals surface area contributed by atoms with E-state index in [4.69, 9.17) is 5.10 Å². The van der Waals surface area contributed by atoms with E-state index in [1.165, 1.54) is 24.2 Å². The van der Waals surface area contributed by atoms with E-state index in [0.29, 0.717) is 88.6 Å². The second-order valence-electron chi connectivity index (χ2n) is 13.8. The van der Waals surface area contributed by atoms with Gasteiger partial charge in [-0.2, -0.15) is 18.3 Å². The van der Waals surface area contributed by atoms with E-state index >= 15 is 0 Å². The summed E-state index contributed by atoms with van der Waals surface area (Å²) in [6, 6.07) is 4.17. The number of nitrogens with zero attached hydrogens (tertiary/aromatic N) is 7. The van der Waals surface area contributed by atoms with Gasteiger partial charge < -0.3 is 29.6 Å². The summed E-state index contributed by atoms with van der Waals surface area (Å²) in [6.45, 7) is 8.31. The number of carbonyl (C=O) groups excluding carboxylic acids is 1. The van der Waals surface area contributed by atoms with Gasteiger partial charge in [0.15, 0.2) is 0 Å². The highest BCUT2D eigenvalue weighted by Gasteiger charge is 2.36. The first-order valence-electron chi connectivity index (χ1n) is 17.5. The number of β-amino-alcohol motifs (C(OH)–C–C–N with tert-alkyl or cyclic N) is 1. The first-order valence-corrected chi connectivity index (χ1v) is 18.5. The van der Waals surface area contributed by atoms with Gasteiger partial charge in [-0.25, -0.2) is 9.18 Å². The average molecular weight is 696 g/mol. The number of rotatable bonds is 9. The van der Waals surface area contributed by atoms with E-state index in [0.717, 1.165) is 56.3 Å². The van der Waals surface area contributed by atoms with Crippen LogP contribution in [0.4, 0.5) is 22.4 Å². The zero-order valence-electron chi connectivity index (χ0n) is 27.9. The van der Waals surface area contributed by atoms with Gasteiger partial charge in [0, 0.05) is 92.8 Å². The quantitative estimate of drug-likeness (QED) is 0.302. The van der Waals surface area contributed by atoms with Crippen molar-refractivity contribution >= 4 is 17.8 Å². The molecule has 3 saturated heterocycles. The number of benzene rings is 1. The van der Waals surface area contributed by atoms with Crippen LogP contribution in [-0.4, -0.2) is 142 Å². The van der Waals surface area contributed by atoms with Crippen molar-refractivity contribution in [3.8, 4) is 11.3 Å². The van der Waals surface area contributed by atoms with Crippen LogP contribution in [0.1, 0.15) is 48.9 Å². The van der Waals surface area contributed by atoms with Crippen molar-refractivity contribution in [2.75, 3.05) is 84.8 Å². The highest BCUT2D eigenvalue weighted by Crippen LogP contribution is 2.40. The first-order chi connectivity index (χ1) is 23.0. The Morgan fingerprint density at radius 2 is 1.69 bits per heavy atom. The molecule has 0 bridgehead atoms. The summed E-state index contributed by atoms with van der Waals surface area (Å²) in [7, 11) is 2.04. The van der Waals surface area contributed by atoms with Crippen molar-refractivity contribution in [3.63, 3.8) is 0 Å². The van der Waals surface area contributed by atoms with Crippen LogP contribution >= 0.6 is 11.8 Å². The van der Waals surface area contributed by atoms with Crippen LogP contribution in [0.5, 0.6) is 0 Å². The number of fused-ring (bicyclic) bond motifs is 1. The minimum Gasteiger partial charge on any atom is -0.390 e. The third-order valence-corrected chi connectivity index (χ3v) is 11.3. The number of aromatic nitrogens is 2. The molecule has 0 spiro atoms. The Morgan fingerprint density at radius 1 is 0.958 bits per heavy atom. The van der Waals surface area contributed by atoms with Gasteiger partial charge in [-0.3, -0.25) is 4.68 Å². The predicted octanol–water partition coefficient (Wildman–Crippen LogP) is 4.67. The maximum absolute atomic E-state index is 14.2. The molecule has 4 aliphatic rings. The first kappa shape index (κ1) is 35.4. The molecule has 1 aromatic carbocycles. The van der Waals surface area contributed by atoms with E-state index in [-0.39, 0.29) is 17.5 Å². The topological polar surface area (TPSA) is 71.3 Å². The van der Waals surface area contributed by atoms with Gasteiger partial charge in [0.1, 0.15) is 6.17 Å². The molecule has 14 heteroatoms. The monoisotopic (exact) mass is 695 g/mol. The van der Waals surface area contributed by atoms with Crippen LogP contribution < -0.4 is 0 Å². The summed E-state index contributed by atoms with van der Waals surface area (Å²) < 4.78 is 58.0. The summed E-state index contributed by atoms with van der Waals surface area (Å²) in [4.78, 5) is 24.0. The third-order valence-electron chi connectivity index (χ3n) is 10.2. The Labute approximate surface area is 285 Å². The van der Waals surface area contributed by atoms with Crippen LogP contribution in [0.2, 0.25) is 0 Å². The van der Waals surface area contributed by atoms with Crippen molar-refractivity contribution in [2.24, 2.45) is 0 Å². The SMILES string of the molecule is CN1CCN(C(=O)N2CCc3c(c(-c4ccc(C(F)(F)F)c(SCCN5CCC(F)CC5)c4)nn3C[C@@H](O)CN3CCCCC3)C2)CC1. The molecular formula is C34H49F4N7O2S. The van der Waals surface area contributed by atoms with Crippen molar-refractivity contribution < 1.29 is 27.5 Å². The third kappa shape index (κ3) is 8.66. The minimum absolute atomic E-state index is 0.0296. The Morgan fingerprint density at radius 3 is 2.40 bits per heavy atom. The van der Waals surface area contributed by atoms with E-state index in [9.17, 15) is 27.5 Å². The second-order valence-corrected chi connectivity index (χ2v) is 14.9. The number of aliphatic hydroxyl groups excluding tert-OH is 1. The molecule has 6 rings (SSSR count). The maximum Gasteiger partial charge on any atom is 0.417 e. The molecule has 4 aliphatic heterocycles. The smallest absolute Gasteiger partial charge is 0.390 e. The molecule has 3 fully saturated rings. The number of piperazine rings is 1. The zero-order valence-corrected chi connectivity index (χ0v) is 28.8. The van der Waals surface area contributed by atoms with Gasteiger partial charge in [0.2, 0.25) is 0 Å². The fourth-order valence-corrected chi connectivity index (χ4v) is 8.48. The van der Waals surface area contributed by atoms with Crippen LogP contribution in [0.3, 0.4) is 0 Å². The summed E-state index contributed by atoms with van der Waals surface area (Å²) in [6.07, 6.45) is -1.04. The van der Waals surface area contributed by atoms with E-state index < -0.39 is 24.0 Å². The Hall–Kier alpha value is -2.39. The van der Waals surface area contributed by atoms with E-state index in [2.05, 4.69) is 14.7 Å². The normalized spacial score (nSPS) is 21.5. The van der Waals surface area contributed by atoms with Crippen LogP contribution in [-0.2, 0) is 25.7 Å².